The topological polar surface area (TPSA) is 51.1 Å². The van der Waals surface area contributed by atoms with E-state index in [0.717, 1.165) is 17.2 Å². The highest BCUT2D eigenvalue weighted by Gasteiger charge is 2.07. The zero-order valence-electron chi connectivity index (χ0n) is 11.2. The van der Waals surface area contributed by atoms with Crippen LogP contribution in [0.4, 0.5) is 0 Å². The van der Waals surface area contributed by atoms with Crippen molar-refractivity contribution >= 4 is 23.1 Å². The fourth-order valence-corrected chi connectivity index (χ4v) is 1.96. The number of aldehydes is 1. The maximum absolute atomic E-state index is 11.8. The number of nitrogens with zero attached hydrogens (tertiary/aromatic N) is 1. The van der Waals surface area contributed by atoms with E-state index in [2.05, 4.69) is 19.2 Å². The molecule has 2 rings (SSSR count). The SMILES string of the molecule is CC(C)CNC(=O)Cn1ccc2cc(C=O)ccc21. The fourth-order valence-electron chi connectivity index (χ4n) is 1.96. The van der Waals surface area contributed by atoms with E-state index in [1.54, 1.807) is 6.07 Å². The summed E-state index contributed by atoms with van der Waals surface area (Å²) < 4.78 is 1.89. The molecule has 0 saturated heterocycles. The molecule has 1 aromatic heterocycles. The highest BCUT2D eigenvalue weighted by atomic mass is 16.1. The molecule has 1 N–H and O–H groups in total. The first kappa shape index (κ1) is 13.3. The average Bonchev–Trinajstić information content (AvgIpc) is 2.78. The van der Waals surface area contributed by atoms with Crippen molar-refractivity contribution in [3.8, 4) is 0 Å². The van der Waals surface area contributed by atoms with Gasteiger partial charge in [-0.3, -0.25) is 9.59 Å². The summed E-state index contributed by atoms with van der Waals surface area (Å²) in [5.74, 6) is 0.450. The molecule has 0 unspecified atom stereocenters. The predicted octanol–water partition coefficient (Wildman–Crippen LogP) is 2.23. The molecule has 100 valence electrons. The Balaban J connectivity index is 2.13. The van der Waals surface area contributed by atoms with Crippen molar-refractivity contribution in [3.05, 3.63) is 36.0 Å². The Morgan fingerprint density at radius 1 is 1.37 bits per heavy atom. The first-order valence-electron chi connectivity index (χ1n) is 6.41. The number of hydrogen-bond acceptors (Lipinski definition) is 2. The lowest BCUT2D eigenvalue weighted by Crippen LogP contribution is -2.30. The molecule has 0 aliphatic carbocycles. The van der Waals surface area contributed by atoms with E-state index in [1.807, 2.05) is 29.0 Å². The molecular weight excluding hydrogens is 240 g/mol. The number of benzene rings is 1. The number of hydrogen-bond donors (Lipinski definition) is 1. The second-order valence-electron chi connectivity index (χ2n) is 5.08. The third kappa shape index (κ3) is 3.22. The van der Waals surface area contributed by atoms with Gasteiger partial charge in [-0.2, -0.15) is 0 Å². The van der Waals surface area contributed by atoms with Gasteiger partial charge in [-0.15, -0.1) is 0 Å². The fraction of sp³-hybridized carbons (Fsp3) is 0.333. The quantitative estimate of drug-likeness (QED) is 0.836. The van der Waals surface area contributed by atoms with E-state index in [9.17, 15) is 9.59 Å². The first-order chi connectivity index (χ1) is 9.10. The molecule has 0 aliphatic rings. The number of fused-ring (bicyclic) bond motifs is 1. The molecule has 0 radical (unpaired) electrons. The van der Waals surface area contributed by atoms with E-state index in [4.69, 9.17) is 0 Å². The van der Waals surface area contributed by atoms with Crippen molar-refractivity contribution in [3.63, 3.8) is 0 Å². The van der Waals surface area contributed by atoms with Crippen LogP contribution in [-0.2, 0) is 11.3 Å². The minimum Gasteiger partial charge on any atom is -0.354 e. The van der Waals surface area contributed by atoms with Crippen LogP contribution < -0.4 is 5.32 Å². The minimum absolute atomic E-state index is 0.00524. The lowest BCUT2D eigenvalue weighted by molar-refractivity contribution is -0.121. The third-order valence-corrected chi connectivity index (χ3v) is 2.95. The molecule has 0 fully saturated rings. The Morgan fingerprint density at radius 2 is 2.16 bits per heavy atom. The van der Waals surface area contributed by atoms with Gasteiger partial charge in [-0.1, -0.05) is 13.8 Å². The number of carbonyl (C=O) groups excluding carboxylic acids is 2. The molecule has 1 heterocycles. The number of nitrogens with one attached hydrogen (secondary N) is 1. The molecule has 2 aromatic rings. The van der Waals surface area contributed by atoms with Crippen LogP contribution >= 0.6 is 0 Å². The molecule has 0 spiro atoms. The first-order valence-corrected chi connectivity index (χ1v) is 6.41. The van der Waals surface area contributed by atoms with Crippen LogP contribution in [-0.4, -0.2) is 23.3 Å². The van der Waals surface area contributed by atoms with Crippen LogP contribution in [0.5, 0.6) is 0 Å². The Hall–Kier alpha value is -2.10. The van der Waals surface area contributed by atoms with Gasteiger partial charge in [0.25, 0.3) is 0 Å². The summed E-state index contributed by atoms with van der Waals surface area (Å²) in [4.78, 5) is 22.5. The van der Waals surface area contributed by atoms with E-state index >= 15 is 0 Å². The minimum atomic E-state index is 0.00524. The summed E-state index contributed by atoms with van der Waals surface area (Å²) in [6, 6.07) is 7.37. The summed E-state index contributed by atoms with van der Waals surface area (Å²) in [5.41, 5.74) is 1.61. The Bertz CT molecular complexity index is 599. The van der Waals surface area contributed by atoms with Gasteiger partial charge >= 0.3 is 0 Å². The normalized spacial score (nSPS) is 10.9. The summed E-state index contributed by atoms with van der Waals surface area (Å²) in [6.07, 6.45) is 2.69. The summed E-state index contributed by atoms with van der Waals surface area (Å²) in [5, 5.41) is 3.87. The van der Waals surface area contributed by atoms with Gasteiger partial charge in [0, 0.05) is 29.2 Å². The van der Waals surface area contributed by atoms with Crippen LogP contribution in [0.3, 0.4) is 0 Å². The summed E-state index contributed by atoms with van der Waals surface area (Å²) >= 11 is 0. The molecule has 0 atom stereocenters. The number of rotatable bonds is 5. The van der Waals surface area contributed by atoms with E-state index in [1.165, 1.54) is 0 Å². The summed E-state index contributed by atoms with van der Waals surface area (Å²) in [6.45, 7) is 5.11. The predicted molar refractivity (Wildman–Crippen MR) is 75.2 cm³/mol. The van der Waals surface area contributed by atoms with Gasteiger partial charge in [0.05, 0.1) is 0 Å². The van der Waals surface area contributed by atoms with Crippen LogP contribution in [0.15, 0.2) is 30.5 Å². The second kappa shape index (κ2) is 5.69. The van der Waals surface area contributed by atoms with Gasteiger partial charge in [-0.25, -0.2) is 0 Å². The molecule has 4 heteroatoms. The molecule has 0 aliphatic heterocycles. The van der Waals surface area contributed by atoms with Crippen molar-refractivity contribution in [2.75, 3.05) is 6.54 Å². The Morgan fingerprint density at radius 3 is 2.84 bits per heavy atom. The standard InChI is InChI=1S/C15H18N2O2/c1-11(2)8-16-15(19)9-17-6-5-13-7-12(10-18)3-4-14(13)17/h3-7,10-11H,8-9H2,1-2H3,(H,16,19). The second-order valence-corrected chi connectivity index (χ2v) is 5.08. The molecular formula is C15H18N2O2. The van der Waals surface area contributed by atoms with Crippen molar-refractivity contribution in [2.45, 2.75) is 20.4 Å². The maximum Gasteiger partial charge on any atom is 0.239 e. The number of aromatic nitrogens is 1. The lowest BCUT2D eigenvalue weighted by atomic mass is 10.2. The Kier molecular flexibility index (Phi) is 4.00. The maximum atomic E-state index is 11.8. The van der Waals surface area contributed by atoms with Gasteiger partial charge in [0.1, 0.15) is 12.8 Å². The number of carbonyl (C=O) groups is 2. The molecule has 0 bridgehead atoms. The highest BCUT2D eigenvalue weighted by molar-refractivity contribution is 5.88. The van der Waals surface area contributed by atoms with Crippen molar-refractivity contribution in [2.24, 2.45) is 5.92 Å². The van der Waals surface area contributed by atoms with Gasteiger partial charge in [0.2, 0.25) is 5.91 Å². The van der Waals surface area contributed by atoms with Crippen LogP contribution in [0.1, 0.15) is 24.2 Å². The molecule has 1 amide bonds. The van der Waals surface area contributed by atoms with E-state index in [-0.39, 0.29) is 5.91 Å². The van der Waals surface area contributed by atoms with Crippen LogP contribution in [0, 0.1) is 5.92 Å². The highest BCUT2D eigenvalue weighted by Crippen LogP contribution is 2.16. The van der Waals surface area contributed by atoms with Gasteiger partial charge in [0.15, 0.2) is 0 Å². The van der Waals surface area contributed by atoms with Crippen molar-refractivity contribution in [1.82, 2.24) is 9.88 Å². The molecule has 19 heavy (non-hydrogen) atoms. The lowest BCUT2D eigenvalue weighted by Gasteiger charge is -2.09. The van der Waals surface area contributed by atoms with Gasteiger partial charge in [-0.05, 0) is 30.2 Å². The molecule has 4 nitrogen and oxygen atoms in total. The van der Waals surface area contributed by atoms with Gasteiger partial charge < -0.3 is 9.88 Å². The average molecular weight is 258 g/mol. The Labute approximate surface area is 112 Å². The van der Waals surface area contributed by atoms with Crippen molar-refractivity contribution in [1.29, 1.82) is 0 Å². The molecule has 1 aromatic carbocycles. The van der Waals surface area contributed by atoms with E-state index in [0.29, 0.717) is 24.6 Å². The zero-order valence-corrected chi connectivity index (χ0v) is 11.2. The third-order valence-electron chi connectivity index (χ3n) is 2.95. The zero-order chi connectivity index (χ0) is 13.8. The summed E-state index contributed by atoms with van der Waals surface area (Å²) in [7, 11) is 0. The van der Waals surface area contributed by atoms with Crippen molar-refractivity contribution < 1.29 is 9.59 Å². The largest absolute Gasteiger partial charge is 0.354 e. The van der Waals surface area contributed by atoms with Crippen LogP contribution in [0.2, 0.25) is 0 Å². The number of amides is 1. The smallest absolute Gasteiger partial charge is 0.239 e. The van der Waals surface area contributed by atoms with E-state index < -0.39 is 0 Å². The monoisotopic (exact) mass is 258 g/mol. The van der Waals surface area contributed by atoms with Crippen LogP contribution in [0.25, 0.3) is 10.9 Å². The molecule has 0 saturated carbocycles.